The van der Waals surface area contributed by atoms with Crippen LogP contribution in [0.3, 0.4) is 0 Å². The number of hydrogen-bond donors (Lipinski definition) is 0. The van der Waals surface area contributed by atoms with Crippen molar-refractivity contribution in [3.8, 4) is 0 Å². The van der Waals surface area contributed by atoms with Crippen LogP contribution in [0, 0.1) is 5.92 Å². The molecule has 1 heterocycles. The SMILES string of the molecule is C/C=C/C1CCN(C)CC1.CC(C)=O.[HH]. The molecule has 0 aromatic carbocycles. The minimum Gasteiger partial charge on any atom is -0.306 e. The predicted molar refractivity (Wildman–Crippen MR) is 63.5 cm³/mol. The summed E-state index contributed by atoms with van der Waals surface area (Å²) in [4.78, 5) is 11.8. The van der Waals surface area contributed by atoms with E-state index < -0.39 is 0 Å². The number of ketones is 1. The van der Waals surface area contributed by atoms with Crippen molar-refractivity contribution in [1.29, 1.82) is 0 Å². The first-order chi connectivity index (χ1) is 6.56. The van der Waals surface area contributed by atoms with Gasteiger partial charge in [0.15, 0.2) is 0 Å². The highest BCUT2D eigenvalue weighted by Gasteiger charge is 2.12. The van der Waals surface area contributed by atoms with Crippen LogP contribution in [0.5, 0.6) is 0 Å². The summed E-state index contributed by atoms with van der Waals surface area (Å²) in [5.41, 5.74) is 0. The Balaban J connectivity index is 0. The molecule has 0 unspecified atom stereocenters. The Morgan fingerprint density at radius 3 is 2.14 bits per heavy atom. The van der Waals surface area contributed by atoms with E-state index >= 15 is 0 Å². The van der Waals surface area contributed by atoms with Crippen LogP contribution in [0.25, 0.3) is 0 Å². The smallest absolute Gasteiger partial charge is 0.126 e. The maximum atomic E-state index is 9.44. The maximum absolute atomic E-state index is 9.44. The largest absolute Gasteiger partial charge is 0.306 e. The first-order valence-corrected chi connectivity index (χ1v) is 5.34. The number of hydrogen-bond acceptors (Lipinski definition) is 2. The highest BCUT2D eigenvalue weighted by Crippen LogP contribution is 2.16. The van der Waals surface area contributed by atoms with Crippen molar-refractivity contribution < 1.29 is 6.22 Å². The topological polar surface area (TPSA) is 20.3 Å². The van der Waals surface area contributed by atoms with Gasteiger partial charge in [-0.1, -0.05) is 12.2 Å². The van der Waals surface area contributed by atoms with E-state index in [1.165, 1.54) is 39.8 Å². The fourth-order valence-electron chi connectivity index (χ4n) is 1.49. The van der Waals surface area contributed by atoms with Crippen molar-refractivity contribution in [3.05, 3.63) is 12.2 Å². The number of Topliss-reactive ketones (excluding diaryl/α,β-unsaturated/α-hetero) is 1. The standard InChI is InChI=1S/C9H17N.C3H6O.H2/c1-3-4-9-5-7-10(2)8-6-9;1-3(2)4;/h3-4,9H,5-8H2,1-2H3;1-2H3;1H/b4-3+;;. The Kier molecular flexibility index (Phi) is 7.40. The quantitative estimate of drug-likeness (QED) is 0.605. The van der Waals surface area contributed by atoms with Crippen LogP contribution < -0.4 is 0 Å². The molecule has 0 radical (unpaired) electrons. The summed E-state index contributed by atoms with van der Waals surface area (Å²) >= 11 is 0. The number of likely N-dealkylation sites (tertiary alicyclic amines) is 1. The Morgan fingerprint density at radius 1 is 1.36 bits per heavy atom. The van der Waals surface area contributed by atoms with E-state index in [0.717, 1.165) is 5.92 Å². The molecule has 1 aliphatic heterocycles. The number of nitrogens with zero attached hydrogens (tertiary/aromatic N) is 1. The third-order valence-electron chi connectivity index (χ3n) is 2.23. The fourth-order valence-corrected chi connectivity index (χ4v) is 1.49. The van der Waals surface area contributed by atoms with E-state index in [1.54, 1.807) is 0 Å². The average Bonchev–Trinajstić information content (AvgIpc) is 2.08. The lowest BCUT2D eigenvalue weighted by Gasteiger charge is -2.26. The number of carbonyl (C=O) groups is 1. The van der Waals surface area contributed by atoms with Gasteiger partial charge in [0, 0.05) is 1.43 Å². The van der Waals surface area contributed by atoms with Crippen LogP contribution in [-0.4, -0.2) is 30.8 Å². The lowest BCUT2D eigenvalue weighted by Crippen LogP contribution is -2.29. The zero-order valence-electron chi connectivity index (χ0n) is 9.92. The third-order valence-corrected chi connectivity index (χ3v) is 2.23. The molecule has 0 spiro atoms. The number of carbonyl (C=O) groups excluding carboxylic acids is 1. The van der Waals surface area contributed by atoms with Gasteiger partial charge in [-0.2, -0.15) is 0 Å². The normalized spacial score (nSPS) is 19.1. The maximum Gasteiger partial charge on any atom is 0.126 e. The summed E-state index contributed by atoms with van der Waals surface area (Å²) in [6, 6.07) is 0. The molecule has 1 rings (SSSR count). The van der Waals surface area contributed by atoms with Crippen LogP contribution in [0.1, 0.15) is 35.0 Å². The Labute approximate surface area is 89.5 Å². The first-order valence-electron chi connectivity index (χ1n) is 5.34. The molecule has 0 aliphatic carbocycles. The zero-order valence-corrected chi connectivity index (χ0v) is 9.92. The molecule has 0 aromatic rings. The average molecular weight is 199 g/mol. The number of rotatable bonds is 1. The van der Waals surface area contributed by atoms with Crippen LogP contribution in [0.4, 0.5) is 0 Å². The van der Waals surface area contributed by atoms with Gasteiger partial charge in [0.05, 0.1) is 0 Å². The molecule has 84 valence electrons. The van der Waals surface area contributed by atoms with E-state index in [2.05, 4.69) is 31.0 Å². The molecule has 14 heavy (non-hydrogen) atoms. The predicted octanol–water partition coefficient (Wildman–Crippen LogP) is 2.75. The molecular weight excluding hydrogens is 174 g/mol. The molecule has 2 heteroatoms. The Morgan fingerprint density at radius 2 is 1.79 bits per heavy atom. The first kappa shape index (κ1) is 13.4. The molecule has 1 aliphatic rings. The van der Waals surface area contributed by atoms with Crippen molar-refractivity contribution in [2.75, 3.05) is 20.1 Å². The van der Waals surface area contributed by atoms with E-state index in [-0.39, 0.29) is 7.21 Å². The molecule has 0 N–H and O–H groups in total. The van der Waals surface area contributed by atoms with Gasteiger partial charge in [0.25, 0.3) is 0 Å². The second-order valence-electron chi connectivity index (χ2n) is 4.07. The van der Waals surface area contributed by atoms with Gasteiger partial charge in [-0.25, -0.2) is 0 Å². The van der Waals surface area contributed by atoms with Gasteiger partial charge in [-0.3, -0.25) is 0 Å². The molecular formula is C12H25NO. The van der Waals surface area contributed by atoms with Crippen LogP contribution in [-0.2, 0) is 4.79 Å². The van der Waals surface area contributed by atoms with E-state index in [4.69, 9.17) is 0 Å². The van der Waals surface area contributed by atoms with Crippen molar-refractivity contribution in [1.82, 2.24) is 4.90 Å². The van der Waals surface area contributed by atoms with Crippen LogP contribution in [0.15, 0.2) is 12.2 Å². The number of allylic oxidation sites excluding steroid dienone is 2. The lowest BCUT2D eigenvalue weighted by molar-refractivity contribution is -0.114. The van der Waals surface area contributed by atoms with E-state index in [1.807, 2.05) is 0 Å². The fraction of sp³-hybridized carbons (Fsp3) is 0.750. The van der Waals surface area contributed by atoms with Gasteiger partial charge in [-0.15, -0.1) is 0 Å². The molecule has 1 fully saturated rings. The third kappa shape index (κ3) is 7.99. The van der Waals surface area contributed by atoms with Gasteiger partial charge in [-0.05, 0) is 59.7 Å². The summed E-state index contributed by atoms with van der Waals surface area (Å²) in [7, 11) is 2.20. The van der Waals surface area contributed by atoms with Crippen molar-refractivity contribution in [2.45, 2.75) is 33.6 Å². The molecule has 0 atom stereocenters. The van der Waals surface area contributed by atoms with Crippen LogP contribution in [0.2, 0.25) is 0 Å². The van der Waals surface area contributed by atoms with E-state index in [0.29, 0.717) is 0 Å². The summed E-state index contributed by atoms with van der Waals surface area (Å²) in [6.07, 6.45) is 7.21. The van der Waals surface area contributed by atoms with Crippen molar-refractivity contribution in [2.24, 2.45) is 5.92 Å². The van der Waals surface area contributed by atoms with Crippen molar-refractivity contribution >= 4 is 5.78 Å². The van der Waals surface area contributed by atoms with Gasteiger partial charge >= 0.3 is 0 Å². The summed E-state index contributed by atoms with van der Waals surface area (Å²) in [6.45, 7) is 7.71. The summed E-state index contributed by atoms with van der Waals surface area (Å²) < 4.78 is 0. The summed E-state index contributed by atoms with van der Waals surface area (Å²) in [5, 5.41) is 0. The Bertz CT molecular complexity index is 180. The number of piperidine rings is 1. The molecule has 0 bridgehead atoms. The molecule has 2 nitrogen and oxygen atoms in total. The lowest BCUT2D eigenvalue weighted by atomic mass is 9.97. The zero-order chi connectivity index (χ0) is 11.0. The Hall–Kier alpha value is -0.630. The highest BCUT2D eigenvalue weighted by molar-refractivity contribution is 5.72. The minimum absolute atomic E-state index is 0. The summed E-state index contributed by atoms with van der Waals surface area (Å²) in [5.74, 6) is 1.03. The van der Waals surface area contributed by atoms with E-state index in [9.17, 15) is 4.79 Å². The van der Waals surface area contributed by atoms with Gasteiger partial charge in [0.1, 0.15) is 5.78 Å². The van der Waals surface area contributed by atoms with Crippen LogP contribution >= 0.6 is 0 Å². The minimum atomic E-state index is 0. The van der Waals surface area contributed by atoms with Gasteiger partial charge in [0.2, 0.25) is 0 Å². The van der Waals surface area contributed by atoms with Gasteiger partial charge < -0.3 is 9.69 Å². The molecule has 0 amide bonds. The highest BCUT2D eigenvalue weighted by atomic mass is 16.1. The molecule has 0 saturated carbocycles. The molecule has 1 saturated heterocycles. The second kappa shape index (κ2) is 7.74. The van der Waals surface area contributed by atoms with Crippen molar-refractivity contribution in [3.63, 3.8) is 0 Å². The second-order valence-corrected chi connectivity index (χ2v) is 4.07. The monoisotopic (exact) mass is 199 g/mol. The molecule has 0 aromatic heterocycles.